The minimum atomic E-state index is -0.438. The lowest BCUT2D eigenvalue weighted by atomic mass is 9.81. The van der Waals surface area contributed by atoms with Crippen LogP contribution in [0.25, 0.3) is 0 Å². The molecule has 1 saturated carbocycles. The maximum absolute atomic E-state index is 12.4. The third kappa shape index (κ3) is 5.15. The van der Waals surface area contributed by atoms with Crippen molar-refractivity contribution >= 4 is 29.4 Å². The molecule has 1 aromatic rings. The van der Waals surface area contributed by atoms with Crippen LogP contribution < -0.4 is 16.4 Å². The van der Waals surface area contributed by atoms with Gasteiger partial charge in [-0.1, -0.05) is 6.07 Å². The average Bonchev–Trinajstić information content (AvgIpc) is 3.22. The van der Waals surface area contributed by atoms with E-state index in [2.05, 4.69) is 16.7 Å². The number of hydrogen-bond donors (Lipinski definition) is 3. The first kappa shape index (κ1) is 19.5. The Morgan fingerprint density at radius 3 is 2.74 bits per heavy atom. The van der Waals surface area contributed by atoms with E-state index in [9.17, 15) is 9.59 Å². The van der Waals surface area contributed by atoms with Crippen LogP contribution in [0.15, 0.2) is 24.3 Å². The van der Waals surface area contributed by atoms with Crippen LogP contribution in [0.5, 0.6) is 0 Å². The van der Waals surface area contributed by atoms with E-state index in [-0.39, 0.29) is 23.9 Å². The van der Waals surface area contributed by atoms with Gasteiger partial charge in [0.15, 0.2) is 0 Å². The molecular weight excluding hydrogens is 362 g/mol. The molecule has 1 aliphatic carbocycles. The number of nitriles is 1. The van der Waals surface area contributed by atoms with Crippen LogP contribution in [0.1, 0.15) is 31.2 Å². The Labute approximate surface area is 163 Å². The van der Waals surface area contributed by atoms with Crippen molar-refractivity contribution in [3.05, 3.63) is 29.8 Å². The highest BCUT2D eigenvalue weighted by atomic mass is 32.2. The van der Waals surface area contributed by atoms with Crippen molar-refractivity contribution in [3.63, 3.8) is 0 Å². The van der Waals surface area contributed by atoms with Gasteiger partial charge in [-0.05, 0) is 49.8 Å². The molecule has 27 heavy (non-hydrogen) atoms. The standard InChI is InChI=1S/C19H25N5O2S/c20-11-13-2-1-3-16(10-13)23-19(26)22-15-6-4-14(5-7-15)17(21)18(25)24-8-9-27-12-24/h1-3,10,14-15,17H,4-9,12,21H2,(H2,22,23,26). The number of urea groups is 1. The van der Waals surface area contributed by atoms with Crippen LogP contribution >= 0.6 is 11.8 Å². The number of hydrogen-bond acceptors (Lipinski definition) is 5. The van der Waals surface area contributed by atoms with Crippen LogP contribution in [0, 0.1) is 17.2 Å². The van der Waals surface area contributed by atoms with Gasteiger partial charge in [0.25, 0.3) is 0 Å². The normalized spacial score (nSPS) is 23.3. The second-order valence-electron chi connectivity index (χ2n) is 7.07. The lowest BCUT2D eigenvalue weighted by Crippen LogP contribution is -2.49. The van der Waals surface area contributed by atoms with Gasteiger partial charge in [-0.15, -0.1) is 11.8 Å². The highest BCUT2D eigenvalue weighted by Crippen LogP contribution is 2.28. The maximum Gasteiger partial charge on any atom is 0.319 e. The molecule has 2 fully saturated rings. The van der Waals surface area contributed by atoms with Gasteiger partial charge in [0.05, 0.1) is 23.6 Å². The van der Waals surface area contributed by atoms with E-state index < -0.39 is 6.04 Å². The lowest BCUT2D eigenvalue weighted by Gasteiger charge is -2.33. The van der Waals surface area contributed by atoms with Crippen LogP contribution in [0.2, 0.25) is 0 Å². The largest absolute Gasteiger partial charge is 0.335 e. The molecule has 0 spiro atoms. The number of amides is 3. The van der Waals surface area contributed by atoms with Crippen molar-refractivity contribution in [3.8, 4) is 6.07 Å². The summed E-state index contributed by atoms with van der Waals surface area (Å²) >= 11 is 1.76. The minimum Gasteiger partial charge on any atom is -0.335 e. The minimum absolute atomic E-state index is 0.0616. The van der Waals surface area contributed by atoms with Crippen LogP contribution in [0.4, 0.5) is 10.5 Å². The first-order chi connectivity index (χ1) is 13.1. The van der Waals surface area contributed by atoms with Gasteiger partial charge >= 0.3 is 6.03 Å². The SMILES string of the molecule is N#Cc1cccc(NC(=O)NC2CCC(C(N)C(=O)N3CCSC3)CC2)c1. The number of nitrogens with one attached hydrogen (secondary N) is 2. The molecule has 8 heteroatoms. The molecular formula is C19H25N5O2S. The number of benzene rings is 1. The average molecular weight is 388 g/mol. The summed E-state index contributed by atoms with van der Waals surface area (Å²) in [6.07, 6.45) is 3.30. The predicted octanol–water partition coefficient (Wildman–Crippen LogP) is 2.10. The quantitative estimate of drug-likeness (QED) is 0.733. The number of carbonyl (C=O) groups excluding carboxylic acids is 2. The molecule has 1 saturated heterocycles. The molecule has 2 aliphatic rings. The van der Waals surface area contributed by atoms with Crippen molar-refractivity contribution in [1.29, 1.82) is 5.26 Å². The maximum atomic E-state index is 12.4. The van der Waals surface area contributed by atoms with E-state index in [0.29, 0.717) is 11.3 Å². The zero-order valence-corrected chi connectivity index (χ0v) is 16.0. The first-order valence-corrected chi connectivity index (χ1v) is 10.4. The monoisotopic (exact) mass is 387 g/mol. The Morgan fingerprint density at radius 2 is 2.07 bits per heavy atom. The summed E-state index contributed by atoms with van der Waals surface area (Å²) in [5.41, 5.74) is 7.32. The Bertz CT molecular complexity index is 721. The van der Waals surface area contributed by atoms with Crippen LogP contribution in [-0.2, 0) is 4.79 Å². The van der Waals surface area contributed by atoms with E-state index in [0.717, 1.165) is 43.9 Å². The van der Waals surface area contributed by atoms with E-state index in [1.807, 2.05) is 4.90 Å². The number of nitrogens with zero attached hydrogens (tertiary/aromatic N) is 2. The molecule has 1 aliphatic heterocycles. The summed E-state index contributed by atoms with van der Waals surface area (Å²) in [7, 11) is 0. The Balaban J connectivity index is 1.44. The summed E-state index contributed by atoms with van der Waals surface area (Å²) in [5.74, 6) is 1.97. The molecule has 144 valence electrons. The fourth-order valence-corrected chi connectivity index (χ4v) is 4.60. The van der Waals surface area contributed by atoms with E-state index >= 15 is 0 Å². The number of nitrogens with two attached hydrogens (primary N) is 1. The van der Waals surface area contributed by atoms with Gasteiger partial charge in [0, 0.05) is 24.0 Å². The molecule has 3 rings (SSSR count). The highest BCUT2D eigenvalue weighted by Gasteiger charge is 2.33. The topological polar surface area (TPSA) is 111 Å². The first-order valence-electron chi connectivity index (χ1n) is 9.26. The second kappa shape index (κ2) is 9.11. The Hall–Kier alpha value is -2.24. The smallest absolute Gasteiger partial charge is 0.319 e. The van der Waals surface area contributed by atoms with Gasteiger partial charge in [-0.3, -0.25) is 4.79 Å². The van der Waals surface area contributed by atoms with Crippen molar-refractivity contribution in [1.82, 2.24) is 10.2 Å². The molecule has 4 N–H and O–H groups in total. The van der Waals surface area contributed by atoms with Gasteiger partial charge in [0.1, 0.15) is 0 Å². The van der Waals surface area contributed by atoms with Crippen LogP contribution in [-0.4, -0.2) is 47.1 Å². The molecule has 1 aromatic carbocycles. The number of carbonyl (C=O) groups is 2. The third-order valence-corrected chi connectivity index (χ3v) is 6.18. The summed E-state index contributed by atoms with van der Waals surface area (Å²) < 4.78 is 0. The number of anilines is 1. The molecule has 0 bridgehead atoms. The van der Waals surface area contributed by atoms with Gasteiger partial charge < -0.3 is 21.3 Å². The second-order valence-corrected chi connectivity index (χ2v) is 8.14. The Morgan fingerprint density at radius 1 is 1.30 bits per heavy atom. The molecule has 1 heterocycles. The van der Waals surface area contributed by atoms with E-state index in [1.165, 1.54) is 0 Å². The third-order valence-electron chi connectivity index (χ3n) is 5.21. The van der Waals surface area contributed by atoms with Crippen molar-refractivity contribution < 1.29 is 9.59 Å². The summed E-state index contributed by atoms with van der Waals surface area (Å²) in [6.45, 7) is 0.793. The highest BCUT2D eigenvalue weighted by molar-refractivity contribution is 7.99. The molecule has 3 amide bonds. The zero-order chi connectivity index (χ0) is 19.2. The summed E-state index contributed by atoms with van der Waals surface area (Å²) in [4.78, 5) is 26.5. The molecule has 1 atom stereocenters. The molecule has 1 unspecified atom stereocenters. The van der Waals surface area contributed by atoms with Crippen LogP contribution in [0.3, 0.4) is 0 Å². The summed E-state index contributed by atoms with van der Waals surface area (Å²) in [6, 6.07) is 8.22. The van der Waals surface area contributed by atoms with Gasteiger partial charge in [-0.2, -0.15) is 5.26 Å². The lowest BCUT2D eigenvalue weighted by molar-refractivity contribution is -0.132. The fourth-order valence-electron chi connectivity index (χ4n) is 3.64. The molecule has 0 radical (unpaired) electrons. The van der Waals surface area contributed by atoms with Crippen molar-refractivity contribution in [2.75, 3.05) is 23.5 Å². The zero-order valence-electron chi connectivity index (χ0n) is 15.2. The van der Waals surface area contributed by atoms with Crippen molar-refractivity contribution in [2.45, 2.75) is 37.8 Å². The molecule has 7 nitrogen and oxygen atoms in total. The van der Waals surface area contributed by atoms with Gasteiger partial charge in [0.2, 0.25) is 5.91 Å². The molecule has 0 aromatic heterocycles. The number of thioether (sulfide) groups is 1. The fraction of sp³-hybridized carbons (Fsp3) is 0.526. The Kier molecular flexibility index (Phi) is 6.58. The van der Waals surface area contributed by atoms with E-state index in [4.69, 9.17) is 11.0 Å². The predicted molar refractivity (Wildman–Crippen MR) is 106 cm³/mol. The summed E-state index contributed by atoms with van der Waals surface area (Å²) in [5, 5.41) is 14.7. The van der Waals surface area contributed by atoms with Crippen molar-refractivity contribution in [2.24, 2.45) is 11.7 Å². The van der Waals surface area contributed by atoms with Gasteiger partial charge in [-0.25, -0.2) is 4.79 Å². The van der Waals surface area contributed by atoms with E-state index in [1.54, 1.807) is 36.0 Å². The number of rotatable bonds is 4.